The second kappa shape index (κ2) is 3.17. The highest BCUT2D eigenvalue weighted by Crippen LogP contribution is 2.40. The molecular formula is C13H15NO. The quantitative estimate of drug-likeness (QED) is 0.693. The summed E-state index contributed by atoms with van der Waals surface area (Å²) in [6, 6.07) is 8.48. The Balaban J connectivity index is 2.16. The molecule has 2 unspecified atom stereocenters. The van der Waals surface area contributed by atoms with Crippen LogP contribution < -0.4 is 5.32 Å². The van der Waals surface area contributed by atoms with Crippen LogP contribution in [0.4, 0.5) is 0 Å². The second-order valence-electron chi connectivity index (χ2n) is 4.58. The summed E-state index contributed by atoms with van der Waals surface area (Å²) in [5, 5.41) is 3.33. The molecule has 2 nitrogen and oxygen atoms in total. The number of benzene rings is 1. The molecule has 1 aromatic rings. The third-order valence-corrected chi connectivity index (χ3v) is 3.82. The molecule has 0 saturated carbocycles. The summed E-state index contributed by atoms with van der Waals surface area (Å²) in [5.41, 5.74) is 2.63. The highest BCUT2D eigenvalue weighted by molar-refractivity contribution is 5.93. The molecule has 2 heteroatoms. The number of hydrogen-bond donors (Lipinski definition) is 1. The molecule has 15 heavy (non-hydrogen) atoms. The molecule has 1 aliphatic carbocycles. The van der Waals surface area contributed by atoms with Gasteiger partial charge in [-0.25, -0.2) is 0 Å². The number of Topliss-reactive ketones (excluding diaryl/α,β-unsaturated/α-hetero) is 1. The third-order valence-electron chi connectivity index (χ3n) is 3.82. The van der Waals surface area contributed by atoms with Crippen molar-refractivity contribution in [2.24, 2.45) is 0 Å². The van der Waals surface area contributed by atoms with Crippen molar-refractivity contribution >= 4 is 5.78 Å². The summed E-state index contributed by atoms with van der Waals surface area (Å²) >= 11 is 0. The van der Waals surface area contributed by atoms with E-state index in [9.17, 15) is 4.79 Å². The van der Waals surface area contributed by atoms with Gasteiger partial charge in [0.25, 0.3) is 0 Å². The Morgan fingerprint density at radius 3 is 2.80 bits per heavy atom. The van der Waals surface area contributed by atoms with E-state index < -0.39 is 0 Å². The summed E-state index contributed by atoms with van der Waals surface area (Å²) in [7, 11) is 0. The lowest BCUT2D eigenvalue weighted by Gasteiger charge is -2.31. The van der Waals surface area contributed by atoms with Crippen molar-refractivity contribution < 1.29 is 4.79 Å². The van der Waals surface area contributed by atoms with Gasteiger partial charge >= 0.3 is 0 Å². The minimum atomic E-state index is 0.0630. The van der Waals surface area contributed by atoms with Crippen molar-refractivity contribution in [2.75, 3.05) is 6.54 Å². The van der Waals surface area contributed by atoms with E-state index in [2.05, 4.69) is 23.5 Å². The van der Waals surface area contributed by atoms with Crippen molar-refractivity contribution in [1.82, 2.24) is 5.32 Å². The van der Waals surface area contributed by atoms with Gasteiger partial charge in [0, 0.05) is 11.8 Å². The lowest BCUT2D eigenvalue weighted by atomic mass is 9.74. The monoisotopic (exact) mass is 201 g/mol. The number of fused-ring (bicyclic) bond motifs is 3. The molecule has 1 fully saturated rings. The molecule has 3 atom stereocenters. The highest BCUT2D eigenvalue weighted by Gasteiger charge is 2.41. The standard InChI is InChI=1S/C13H15NO/c1-8-9-4-2-3-5-10(9)11-6-7-14-12(11)13(8)15/h2-5,8,11-12,14H,6-7H2,1H3/t8?,11?,12-/m0/s1. The molecular weight excluding hydrogens is 186 g/mol. The van der Waals surface area contributed by atoms with Crippen LogP contribution in [0.3, 0.4) is 0 Å². The number of carbonyl (C=O) groups excluding carboxylic acids is 1. The van der Waals surface area contributed by atoms with Crippen LogP contribution in [0.15, 0.2) is 24.3 Å². The molecule has 3 rings (SSSR count). The van der Waals surface area contributed by atoms with Gasteiger partial charge in [-0.3, -0.25) is 4.79 Å². The molecule has 2 aliphatic rings. The Morgan fingerprint density at radius 2 is 2.00 bits per heavy atom. The maximum atomic E-state index is 12.1. The van der Waals surface area contributed by atoms with Crippen LogP contribution in [0.1, 0.15) is 36.3 Å². The highest BCUT2D eigenvalue weighted by atomic mass is 16.1. The first kappa shape index (κ1) is 9.10. The largest absolute Gasteiger partial charge is 0.307 e. The Labute approximate surface area is 89.7 Å². The first-order chi connectivity index (χ1) is 7.29. The molecule has 1 heterocycles. The number of carbonyl (C=O) groups is 1. The van der Waals surface area contributed by atoms with Crippen molar-refractivity contribution in [2.45, 2.75) is 31.2 Å². The fraction of sp³-hybridized carbons (Fsp3) is 0.462. The van der Waals surface area contributed by atoms with Crippen LogP contribution in [0.25, 0.3) is 0 Å². The SMILES string of the molecule is CC1C(=O)[C@H]2NCCC2c2ccccc21. The smallest absolute Gasteiger partial charge is 0.157 e. The molecule has 0 bridgehead atoms. The molecule has 1 N–H and O–H groups in total. The average molecular weight is 201 g/mol. The molecule has 0 spiro atoms. The zero-order valence-corrected chi connectivity index (χ0v) is 8.86. The number of rotatable bonds is 0. The summed E-state index contributed by atoms with van der Waals surface area (Å²) in [6.07, 6.45) is 1.10. The normalized spacial score (nSPS) is 33.7. The Kier molecular flexibility index (Phi) is 1.93. The van der Waals surface area contributed by atoms with Crippen LogP contribution in [0.2, 0.25) is 0 Å². The fourth-order valence-corrected chi connectivity index (χ4v) is 3.00. The van der Waals surface area contributed by atoms with Crippen molar-refractivity contribution in [3.63, 3.8) is 0 Å². The fourth-order valence-electron chi connectivity index (χ4n) is 3.00. The molecule has 0 amide bonds. The van der Waals surface area contributed by atoms with Crippen LogP contribution in [0.5, 0.6) is 0 Å². The predicted octanol–water partition coefficient (Wildman–Crippen LogP) is 1.82. The van der Waals surface area contributed by atoms with Gasteiger partial charge in [-0.2, -0.15) is 0 Å². The van der Waals surface area contributed by atoms with E-state index in [1.54, 1.807) is 0 Å². The lowest BCUT2D eigenvalue weighted by Crippen LogP contribution is -2.41. The average Bonchev–Trinajstić information content (AvgIpc) is 2.75. The first-order valence-corrected chi connectivity index (χ1v) is 5.65. The summed E-state index contributed by atoms with van der Waals surface area (Å²) < 4.78 is 0. The molecule has 1 aliphatic heterocycles. The second-order valence-corrected chi connectivity index (χ2v) is 4.58. The van der Waals surface area contributed by atoms with Gasteiger partial charge < -0.3 is 5.32 Å². The summed E-state index contributed by atoms with van der Waals surface area (Å²) in [4.78, 5) is 12.1. The number of hydrogen-bond acceptors (Lipinski definition) is 2. The minimum Gasteiger partial charge on any atom is -0.307 e. The van der Waals surface area contributed by atoms with Gasteiger partial charge in [-0.15, -0.1) is 0 Å². The Morgan fingerprint density at radius 1 is 1.27 bits per heavy atom. The van der Waals surface area contributed by atoms with Crippen molar-refractivity contribution in [3.05, 3.63) is 35.4 Å². The maximum Gasteiger partial charge on any atom is 0.157 e. The predicted molar refractivity (Wildman–Crippen MR) is 59.0 cm³/mol. The molecule has 78 valence electrons. The van der Waals surface area contributed by atoms with Gasteiger partial charge in [0.2, 0.25) is 0 Å². The van der Waals surface area contributed by atoms with Crippen LogP contribution >= 0.6 is 0 Å². The maximum absolute atomic E-state index is 12.1. The molecule has 1 aromatic carbocycles. The van der Waals surface area contributed by atoms with E-state index >= 15 is 0 Å². The molecule has 0 radical (unpaired) electrons. The number of ketones is 1. The van der Waals surface area contributed by atoms with Crippen LogP contribution in [-0.2, 0) is 4.79 Å². The van der Waals surface area contributed by atoms with Gasteiger partial charge in [0.05, 0.1) is 6.04 Å². The minimum absolute atomic E-state index is 0.0630. The van der Waals surface area contributed by atoms with Gasteiger partial charge in [0.1, 0.15) is 0 Å². The molecule has 1 saturated heterocycles. The third kappa shape index (κ3) is 1.18. The lowest BCUT2D eigenvalue weighted by molar-refractivity contribution is -0.122. The van der Waals surface area contributed by atoms with Crippen molar-refractivity contribution in [1.29, 1.82) is 0 Å². The number of nitrogens with one attached hydrogen (secondary N) is 1. The Hall–Kier alpha value is -1.15. The summed E-state index contributed by atoms with van der Waals surface area (Å²) in [5.74, 6) is 0.856. The zero-order valence-electron chi connectivity index (χ0n) is 8.86. The van der Waals surface area contributed by atoms with E-state index in [4.69, 9.17) is 0 Å². The van der Waals surface area contributed by atoms with E-state index in [1.165, 1.54) is 11.1 Å². The van der Waals surface area contributed by atoms with Gasteiger partial charge in [-0.1, -0.05) is 31.2 Å². The summed E-state index contributed by atoms with van der Waals surface area (Å²) in [6.45, 7) is 3.00. The van der Waals surface area contributed by atoms with E-state index in [0.717, 1.165) is 13.0 Å². The van der Waals surface area contributed by atoms with E-state index in [0.29, 0.717) is 11.7 Å². The Bertz CT molecular complexity index is 413. The topological polar surface area (TPSA) is 29.1 Å². The van der Waals surface area contributed by atoms with Crippen molar-refractivity contribution in [3.8, 4) is 0 Å². The zero-order chi connectivity index (χ0) is 10.4. The van der Waals surface area contributed by atoms with Gasteiger partial charge in [0.15, 0.2) is 5.78 Å². The first-order valence-electron chi connectivity index (χ1n) is 5.65. The van der Waals surface area contributed by atoms with Gasteiger partial charge in [-0.05, 0) is 24.1 Å². The van der Waals surface area contributed by atoms with E-state index in [-0.39, 0.29) is 12.0 Å². The van der Waals surface area contributed by atoms with E-state index in [1.807, 2.05) is 13.0 Å². The van der Waals surface area contributed by atoms with Crippen LogP contribution in [-0.4, -0.2) is 18.4 Å². The molecule has 0 aromatic heterocycles. The van der Waals surface area contributed by atoms with Crippen LogP contribution in [0, 0.1) is 0 Å².